The Morgan fingerprint density at radius 1 is 1.04 bits per heavy atom. The maximum absolute atomic E-state index is 12.2. The molecule has 2 heterocycles. The van der Waals surface area contributed by atoms with E-state index in [0.717, 1.165) is 11.1 Å². The molecule has 0 spiro atoms. The van der Waals surface area contributed by atoms with Gasteiger partial charge in [-0.15, -0.1) is 10.2 Å². The van der Waals surface area contributed by atoms with Gasteiger partial charge in [-0.25, -0.2) is 4.79 Å². The second-order valence-corrected chi connectivity index (χ2v) is 6.27. The number of aromatic nitrogens is 3. The predicted octanol–water partition coefficient (Wildman–Crippen LogP) is 4.37. The van der Waals surface area contributed by atoms with Gasteiger partial charge in [0.2, 0.25) is 0 Å². The third-order valence-corrected chi connectivity index (χ3v) is 4.17. The third-order valence-electron chi connectivity index (χ3n) is 4.17. The molecule has 0 amide bonds. The zero-order valence-corrected chi connectivity index (χ0v) is 15.4. The summed E-state index contributed by atoms with van der Waals surface area (Å²) in [4.78, 5) is 12.2. The van der Waals surface area contributed by atoms with E-state index in [-0.39, 0.29) is 18.4 Å². The SMILES string of the molecule is Cc1cccc(C(=O)OCc2nnc(-c3c(-c4ccccc4)noc3C)o2)c1. The predicted molar refractivity (Wildman–Crippen MR) is 100 cm³/mol. The number of ether oxygens (including phenoxy) is 1. The van der Waals surface area contributed by atoms with Crippen LogP contribution in [0.25, 0.3) is 22.7 Å². The van der Waals surface area contributed by atoms with Crippen molar-refractivity contribution < 1.29 is 18.5 Å². The molecular formula is C21H17N3O4. The van der Waals surface area contributed by atoms with Gasteiger partial charge in [-0.1, -0.05) is 53.2 Å². The summed E-state index contributed by atoms with van der Waals surface area (Å²) in [6, 6.07) is 16.7. The molecule has 7 nitrogen and oxygen atoms in total. The molecule has 0 aliphatic carbocycles. The lowest BCUT2D eigenvalue weighted by Gasteiger charge is -2.02. The van der Waals surface area contributed by atoms with E-state index in [4.69, 9.17) is 13.7 Å². The third kappa shape index (κ3) is 3.55. The van der Waals surface area contributed by atoms with Crippen LogP contribution in [0, 0.1) is 13.8 Å². The molecule has 28 heavy (non-hydrogen) atoms. The fourth-order valence-electron chi connectivity index (χ4n) is 2.81. The van der Waals surface area contributed by atoms with Crippen LogP contribution in [-0.4, -0.2) is 21.3 Å². The van der Waals surface area contributed by atoms with E-state index < -0.39 is 5.97 Å². The van der Waals surface area contributed by atoms with Crippen LogP contribution in [-0.2, 0) is 11.3 Å². The largest absolute Gasteiger partial charge is 0.452 e. The summed E-state index contributed by atoms with van der Waals surface area (Å²) in [6.07, 6.45) is 0. The topological polar surface area (TPSA) is 91.2 Å². The van der Waals surface area contributed by atoms with E-state index >= 15 is 0 Å². The number of carbonyl (C=O) groups excluding carboxylic acids is 1. The van der Waals surface area contributed by atoms with Crippen molar-refractivity contribution in [2.75, 3.05) is 0 Å². The van der Waals surface area contributed by atoms with Gasteiger partial charge in [-0.3, -0.25) is 0 Å². The molecule has 2 aromatic carbocycles. The zero-order chi connectivity index (χ0) is 19.5. The molecule has 0 fully saturated rings. The first-order chi connectivity index (χ1) is 13.6. The van der Waals surface area contributed by atoms with Crippen LogP contribution >= 0.6 is 0 Å². The summed E-state index contributed by atoms with van der Waals surface area (Å²) in [5, 5.41) is 12.1. The molecule has 140 valence electrons. The molecule has 7 heteroatoms. The highest BCUT2D eigenvalue weighted by molar-refractivity contribution is 5.89. The molecule has 0 saturated carbocycles. The molecule has 0 unspecified atom stereocenters. The van der Waals surface area contributed by atoms with Crippen molar-refractivity contribution in [3.05, 3.63) is 77.4 Å². The number of carbonyl (C=O) groups is 1. The maximum atomic E-state index is 12.2. The smallest absolute Gasteiger partial charge is 0.338 e. The van der Waals surface area contributed by atoms with E-state index in [1.807, 2.05) is 43.3 Å². The fraction of sp³-hybridized carbons (Fsp3) is 0.143. The van der Waals surface area contributed by atoms with Gasteiger partial charge in [0.1, 0.15) is 17.0 Å². The highest BCUT2D eigenvalue weighted by atomic mass is 16.5. The van der Waals surface area contributed by atoms with Crippen LogP contribution in [0.1, 0.15) is 27.6 Å². The number of aryl methyl sites for hydroxylation is 2. The van der Waals surface area contributed by atoms with Gasteiger partial charge in [-0.05, 0) is 26.0 Å². The van der Waals surface area contributed by atoms with Gasteiger partial charge in [0.05, 0.1) is 5.56 Å². The molecule has 2 aromatic heterocycles. The van der Waals surface area contributed by atoms with E-state index in [0.29, 0.717) is 22.6 Å². The number of nitrogens with zero attached hydrogens (tertiary/aromatic N) is 3. The number of esters is 1. The second kappa shape index (κ2) is 7.48. The minimum absolute atomic E-state index is 0.120. The zero-order valence-electron chi connectivity index (χ0n) is 15.4. The minimum Gasteiger partial charge on any atom is -0.452 e. The molecule has 0 bridgehead atoms. The van der Waals surface area contributed by atoms with Crippen molar-refractivity contribution in [3.8, 4) is 22.7 Å². The van der Waals surface area contributed by atoms with E-state index in [2.05, 4.69) is 15.4 Å². The van der Waals surface area contributed by atoms with Crippen LogP contribution in [0.4, 0.5) is 0 Å². The molecule has 4 aromatic rings. The Balaban J connectivity index is 1.53. The van der Waals surface area contributed by atoms with Crippen LogP contribution < -0.4 is 0 Å². The van der Waals surface area contributed by atoms with E-state index in [1.165, 1.54) is 0 Å². The Morgan fingerprint density at radius 3 is 2.64 bits per heavy atom. The Labute approximate surface area is 161 Å². The Bertz CT molecular complexity index is 1120. The normalized spacial score (nSPS) is 10.8. The number of benzene rings is 2. The van der Waals surface area contributed by atoms with Gasteiger partial charge in [0.15, 0.2) is 6.61 Å². The molecule has 0 radical (unpaired) electrons. The Morgan fingerprint density at radius 2 is 1.86 bits per heavy atom. The summed E-state index contributed by atoms with van der Waals surface area (Å²) in [5.41, 5.74) is 3.56. The molecular weight excluding hydrogens is 358 g/mol. The molecule has 4 rings (SSSR count). The Kier molecular flexibility index (Phi) is 4.72. The number of hydrogen-bond acceptors (Lipinski definition) is 7. The molecule has 0 atom stereocenters. The van der Waals surface area contributed by atoms with Gasteiger partial charge in [0, 0.05) is 5.56 Å². The highest BCUT2D eigenvalue weighted by Gasteiger charge is 2.22. The van der Waals surface area contributed by atoms with Crippen molar-refractivity contribution in [2.45, 2.75) is 20.5 Å². The summed E-state index contributed by atoms with van der Waals surface area (Å²) in [7, 11) is 0. The average molecular weight is 375 g/mol. The monoisotopic (exact) mass is 375 g/mol. The summed E-state index contributed by atoms with van der Waals surface area (Å²) >= 11 is 0. The van der Waals surface area contributed by atoms with Gasteiger partial charge >= 0.3 is 5.97 Å². The molecule has 0 aliphatic heterocycles. The van der Waals surface area contributed by atoms with Crippen LogP contribution in [0.3, 0.4) is 0 Å². The molecule has 0 aliphatic rings. The lowest BCUT2D eigenvalue weighted by atomic mass is 10.1. The first-order valence-corrected chi connectivity index (χ1v) is 8.70. The first-order valence-electron chi connectivity index (χ1n) is 8.70. The number of hydrogen-bond donors (Lipinski definition) is 0. The van der Waals surface area contributed by atoms with Gasteiger partial charge in [0.25, 0.3) is 11.8 Å². The first kappa shape index (κ1) is 17.7. The number of rotatable bonds is 5. The average Bonchev–Trinajstić information content (AvgIpc) is 3.33. The van der Waals surface area contributed by atoms with E-state index in [1.54, 1.807) is 25.1 Å². The van der Waals surface area contributed by atoms with Crippen molar-refractivity contribution in [1.82, 2.24) is 15.4 Å². The summed E-state index contributed by atoms with van der Waals surface area (Å²) in [6.45, 7) is 3.56. The molecule has 0 N–H and O–H groups in total. The van der Waals surface area contributed by atoms with Crippen molar-refractivity contribution in [3.63, 3.8) is 0 Å². The lowest BCUT2D eigenvalue weighted by Crippen LogP contribution is -2.05. The van der Waals surface area contributed by atoms with Crippen LogP contribution in [0.5, 0.6) is 0 Å². The standard InChI is InChI=1S/C21H17N3O4/c1-13-7-6-10-16(11-13)21(25)26-12-17-22-23-20(27-17)18-14(2)28-24-19(18)15-8-4-3-5-9-15/h3-11H,12H2,1-2H3. The summed E-state index contributed by atoms with van der Waals surface area (Å²) in [5.74, 6) is 0.565. The quantitative estimate of drug-likeness (QED) is 0.478. The van der Waals surface area contributed by atoms with Gasteiger partial charge < -0.3 is 13.7 Å². The maximum Gasteiger partial charge on any atom is 0.338 e. The second-order valence-electron chi connectivity index (χ2n) is 6.27. The highest BCUT2D eigenvalue weighted by Crippen LogP contribution is 2.33. The summed E-state index contributed by atoms with van der Waals surface area (Å²) < 4.78 is 16.3. The fourth-order valence-corrected chi connectivity index (χ4v) is 2.81. The van der Waals surface area contributed by atoms with Crippen LogP contribution in [0.15, 0.2) is 63.5 Å². The van der Waals surface area contributed by atoms with E-state index in [9.17, 15) is 4.79 Å². The van der Waals surface area contributed by atoms with Crippen molar-refractivity contribution in [2.24, 2.45) is 0 Å². The van der Waals surface area contributed by atoms with Crippen molar-refractivity contribution >= 4 is 5.97 Å². The molecule has 0 saturated heterocycles. The van der Waals surface area contributed by atoms with Crippen molar-refractivity contribution in [1.29, 1.82) is 0 Å². The minimum atomic E-state index is -0.449. The van der Waals surface area contributed by atoms with Gasteiger partial charge in [-0.2, -0.15) is 0 Å². The Hall–Kier alpha value is -3.74. The van der Waals surface area contributed by atoms with Crippen LogP contribution in [0.2, 0.25) is 0 Å². The lowest BCUT2D eigenvalue weighted by molar-refractivity contribution is 0.0438.